The molecule has 2 aromatic carbocycles. The Balaban J connectivity index is 2.26. The van der Waals surface area contributed by atoms with E-state index in [-0.39, 0.29) is 11.4 Å². The van der Waals surface area contributed by atoms with Gasteiger partial charge in [-0.15, -0.1) is 0 Å². The average molecular weight is 328 g/mol. The zero-order valence-electron chi connectivity index (χ0n) is 13.9. The third kappa shape index (κ3) is 4.32. The number of amides is 1. The second-order valence-corrected chi connectivity index (χ2v) is 5.93. The minimum atomic E-state index is -0.510. The number of benzene rings is 2. The van der Waals surface area contributed by atoms with Crippen molar-refractivity contribution in [1.29, 1.82) is 0 Å². The normalized spacial score (nSPS) is 10.5. The SMILES string of the molecule is Cc1ccc(NC(=O)c2ccccc2OCC(C)C)c([N+](=O)[O-])c1. The quantitative estimate of drug-likeness (QED) is 0.637. The van der Waals surface area contributed by atoms with Crippen molar-refractivity contribution in [2.75, 3.05) is 11.9 Å². The maximum Gasteiger partial charge on any atom is 0.293 e. The van der Waals surface area contributed by atoms with Crippen LogP contribution in [0.2, 0.25) is 0 Å². The first-order valence-corrected chi connectivity index (χ1v) is 7.66. The van der Waals surface area contributed by atoms with E-state index in [0.717, 1.165) is 5.56 Å². The molecule has 1 amide bonds. The van der Waals surface area contributed by atoms with Gasteiger partial charge in [-0.25, -0.2) is 0 Å². The molecule has 0 aromatic heterocycles. The van der Waals surface area contributed by atoms with Crippen molar-refractivity contribution in [3.8, 4) is 5.75 Å². The second kappa shape index (κ2) is 7.59. The molecule has 0 fully saturated rings. The lowest BCUT2D eigenvalue weighted by molar-refractivity contribution is -0.384. The van der Waals surface area contributed by atoms with Crippen molar-refractivity contribution in [3.05, 3.63) is 63.7 Å². The molecular formula is C18H20N2O4. The van der Waals surface area contributed by atoms with Gasteiger partial charge in [-0.1, -0.05) is 32.0 Å². The van der Waals surface area contributed by atoms with E-state index in [1.807, 2.05) is 13.8 Å². The highest BCUT2D eigenvalue weighted by Crippen LogP contribution is 2.27. The lowest BCUT2D eigenvalue weighted by Gasteiger charge is -2.13. The summed E-state index contributed by atoms with van der Waals surface area (Å²) in [5.74, 6) is 0.332. The molecule has 2 rings (SSSR count). The van der Waals surface area contributed by atoms with Gasteiger partial charge in [-0.2, -0.15) is 0 Å². The molecule has 2 aromatic rings. The summed E-state index contributed by atoms with van der Waals surface area (Å²) in [5.41, 5.74) is 1.12. The predicted molar refractivity (Wildman–Crippen MR) is 92.6 cm³/mol. The Morgan fingerprint density at radius 3 is 2.62 bits per heavy atom. The molecule has 0 aliphatic heterocycles. The van der Waals surface area contributed by atoms with Crippen LogP contribution in [0.5, 0.6) is 5.75 Å². The summed E-state index contributed by atoms with van der Waals surface area (Å²) < 4.78 is 5.66. The molecule has 0 bridgehead atoms. The molecule has 24 heavy (non-hydrogen) atoms. The van der Waals surface area contributed by atoms with Crippen LogP contribution in [0.15, 0.2) is 42.5 Å². The summed E-state index contributed by atoms with van der Waals surface area (Å²) in [7, 11) is 0. The van der Waals surface area contributed by atoms with E-state index in [9.17, 15) is 14.9 Å². The van der Waals surface area contributed by atoms with Gasteiger partial charge >= 0.3 is 0 Å². The molecule has 0 saturated carbocycles. The third-order valence-corrected chi connectivity index (χ3v) is 3.30. The topological polar surface area (TPSA) is 81.5 Å². The molecular weight excluding hydrogens is 308 g/mol. The third-order valence-electron chi connectivity index (χ3n) is 3.30. The molecule has 6 nitrogen and oxygen atoms in total. The number of rotatable bonds is 6. The molecule has 0 radical (unpaired) electrons. The number of carbonyl (C=O) groups is 1. The molecule has 0 aliphatic rings. The molecule has 6 heteroatoms. The fourth-order valence-corrected chi connectivity index (χ4v) is 2.12. The van der Waals surface area contributed by atoms with E-state index < -0.39 is 10.8 Å². The number of hydrogen-bond donors (Lipinski definition) is 1. The summed E-state index contributed by atoms with van der Waals surface area (Å²) in [4.78, 5) is 23.2. The molecule has 1 N–H and O–H groups in total. The van der Waals surface area contributed by atoms with E-state index in [1.54, 1.807) is 37.3 Å². The van der Waals surface area contributed by atoms with E-state index in [4.69, 9.17) is 4.74 Å². The van der Waals surface area contributed by atoms with Crippen molar-refractivity contribution < 1.29 is 14.5 Å². The predicted octanol–water partition coefficient (Wildman–Crippen LogP) is 4.19. The number of ether oxygens (including phenoxy) is 1. The van der Waals surface area contributed by atoms with Crippen molar-refractivity contribution in [2.24, 2.45) is 5.92 Å². The maximum absolute atomic E-state index is 12.5. The first kappa shape index (κ1) is 17.5. The summed E-state index contributed by atoms with van der Waals surface area (Å²) in [6.45, 7) is 6.26. The maximum atomic E-state index is 12.5. The smallest absolute Gasteiger partial charge is 0.293 e. The lowest BCUT2D eigenvalue weighted by Crippen LogP contribution is -2.15. The minimum absolute atomic E-state index is 0.135. The van der Waals surface area contributed by atoms with Crippen LogP contribution in [0.4, 0.5) is 11.4 Å². The zero-order valence-corrected chi connectivity index (χ0v) is 13.9. The van der Waals surface area contributed by atoms with Crippen LogP contribution in [0.25, 0.3) is 0 Å². The summed E-state index contributed by atoms with van der Waals surface area (Å²) >= 11 is 0. The number of nitro groups is 1. The molecule has 0 saturated heterocycles. The lowest BCUT2D eigenvalue weighted by atomic mass is 10.1. The van der Waals surface area contributed by atoms with Gasteiger partial charge in [0.2, 0.25) is 0 Å². The van der Waals surface area contributed by atoms with Gasteiger partial charge in [0.25, 0.3) is 11.6 Å². The Bertz CT molecular complexity index is 756. The van der Waals surface area contributed by atoms with Crippen molar-refractivity contribution in [1.82, 2.24) is 0 Å². The molecule has 0 aliphatic carbocycles. The Hall–Kier alpha value is -2.89. The largest absolute Gasteiger partial charge is 0.492 e. The van der Waals surface area contributed by atoms with E-state index in [0.29, 0.717) is 23.8 Å². The van der Waals surface area contributed by atoms with Crippen molar-refractivity contribution >= 4 is 17.3 Å². The summed E-state index contributed by atoms with van der Waals surface area (Å²) in [6, 6.07) is 11.5. The number of anilines is 1. The number of carbonyl (C=O) groups excluding carboxylic acids is 1. The van der Waals surface area contributed by atoms with Crippen molar-refractivity contribution in [3.63, 3.8) is 0 Å². The van der Waals surface area contributed by atoms with Gasteiger partial charge < -0.3 is 10.1 Å². The van der Waals surface area contributed by atoms with Crippen LogP contribution in [0, 0.1) is 23.0 Å². The van der Waals surface area contributed by atoms with Crippen LogP contribution in [-0.4, -0.2) is 17.4 Å². The Kier molecular flexibility index (Phi) is 5.52. The first-order chi connectivity index (χ1) is 11.4. The van der Waals surface area contributed by atoms with E-state index in [2.05, 4.69) is 5.32 Å². The molecule has 0 unspecified atom stereocenters. The van der Waals surface area contributed by atoms with Crippen LogP contribution >= 0.6 is 0 Å². The number of hydrogen-bond acceptors (Lipinski definition) is 4. The van der Waals surface area contributed by atoms with Gasteiger partial charge in [0.05, 0.1) is 17.1 Å². The number of aryl methyl sites for hydroxylation is 1. The molecule has 0 spiro atoms. The van der Waals surface area contributed by atoms with Gasteiger partial charge in [0.1, 0.15) is 11.4 Å². The highest BCUT2D eigenvalue weighted by molar-refractivity contribution is 6.07. The summed E-state index contributed by atoms with van der Waals surface area (Å²) in [5, 5.41) is 13.8. The minimum Gasteiger partial charge on any atom is -0.492 e. The van der Waals surface area contributed by atoms with Crippen LogP contribution in [0.1, 0.15) is 29.8 Å². The second-order valence-electron chi connectivity index (χ2n) is 5.93. The van der Waals surface area contributed by atoms with Gasteiger partial charge in [0.15, 0.2) is 0 Å². The van der Waals surface area contributed by atoms with Gasteiger partial charge in [0, 0.05) is 6.07 Å². The van der Waals surface area contributed by atoms with E-state index in [1.165, 1.54) is 12.1 Å². The fraction of sp³-hybridized carbons (Fsp3) is 0.278. The molecule has 0 heterocycles. The number of nitro benzene ring substituents is 1. The zero-order chi connectivity index (χ0) is 17.7. The molecule has 0 atom stereocenters. The number of para-hydroxylation sites is 1. The molecule has 126 valence electrons. The highest BCUT2D eigenvalue weighted by atomic mass is 16.6. The number of nitrogens with one attached hydrogen (secondary N) is 1. The van der Waals surface area contributed by atoms with Crippen LogP contribution in [-0.2, 0) is 0 Å². The van der Waals surface area contributed by atoms with Crippen LogP contribution in [0.3, 0.4) is 0 Å². The fourth-order valence-electron chi connectivity index (χ4n) is 2.12. The Labute approximate surface area is 140 Å². The van der Waals surface area contributed by atoms with Crippen LogP contribution < -0.4 is 10.1 Å². The monoisotopic (exact) mass is 328 g/mol. The average Bonchev–Trinajstić information content (AvgIpc) is 2.54. The van der Waals surface area contributed by atoms with Gasteiger partial charge in [-0.3, -0.25) is 14.9 Å². The Morgan fingerprint density at radius 1 is 1.25 bits per heavy atom. The summed E-state index contributed by atoms with van der Waals surface area (Å²) in [6.07, 6.45) is 0. The van der Waals surface area contributed by atoms with Gasteiger partial charge in [-0.05, 0) is 36.6 Å². The Morgan fingerprint density at radius 2 is 1.96 bits per heavy atom. The standard InChI is InChI=1S/C18H20N2O4/c1-12(2)11-24-17-7-5-4-6-14(17)18(21)19-15-9-8-13(3)10-16(15)20(22)23/h4-10,12H,11H2,1-3H3,(H,19,21). The number of nitrogens with zero attached hydrogens (tertiary/aromatic N) is 1. The van der Waals surface area contributed by atoms with E-state index >= 15 is 0 Å². The highest BCUT2D eigenvalue weighted by Gasteiger charge is 2.19. The first-order valence-electron chi connectivity index (χ1n) is 7.66. The van der Waals surface area contributed by atoms with Crippen molar-refractivity contribution in [2.45, 2.75) is 20.8 Å².